The van der Waals surface area contributed by atoms with Gasteiger partial charge in [-0.25, -0.2) is 4.39 Å². The standard InChI is InChI=1S/C12H15F3OSi/c1-4-16-9-5-7-10(8-6-9)17(2,3)12(15)11(13)14/h5-8H,4H2,1-3H3. The maximum atomic E-state index is 13.4. The summed E-state index contributed by atoms with van der Waals surface area (Å²) in [4.78, 5) is 0. The molecule has 0 bridgehead atoms. The minimum atomic E-state index is -2.88. The summed E-state index contributed by atoms with van der Waals surface area (Å²) in [7, 11) is -2.88. The normalized spacial score (nSPS) is 11.2. The number of hydrogen-bond acceptors (Lipinski definition) is 1. The van der Waals surface area contributed by atoms with Crippen molar-refractivity contribution in [3.05, 3.63) is 35.8 Å². The molecule has 0 aliphatic heterocycles. The molecule has 1 nitrogen and oxygen atoms in total. The van der Waals surface area contributed by atoms with E-state index in [9.17, 15) is 13.2 Å². The van der Waals surface area contributed by atoms with Crippen LogP contribution >= 0.6 is 0 Å². The summed E-state index contributed by atoms with van der Waals surface area (Å²) in [6.45, 7) is 5.50. The summed E-state index contributed by atoms with van der Waals surface area (Å²) in [6, 6.07) is 6.66. The van der Waals surface area contributed by atoms with E-state index in [1.165, 1.54) is 0 Å². The Morgan fingerprint density at radius 3 is 2.06 bits per heavy atom. The number of hydrogen-bond donors (Lipinski definition) is 0. The van der Waals surface area contributed by atoms with Gasteiger partial charge in [0, 0.05) is 0 Å². The van der Waals surface area contributed by atoms with E-state index in [0.717, 1.165) is 0 Å². The average molecular weight is 260 g/mol. The number of rotatable bonds is 4. The smallest absolute Gasteiger partial charge is 0.297 e. The zero-order chi connectivity index (χ0) is 13.1. The fourth-order valence-corrected chi connectivity index (χ4v) is 3.22. The molecule has 0 aliphatic rings. The van der Waals surface area contributed by atoms with Crippen LogP contribution in [0.25, 0.3) is 0 Å². The Hall–Kier alpha value is -1.23. The van der Waals surface area contributed by atoms with Crippen LogP contribution in [0.3, 0.4) is 0 Å². The quantitative estimate of drug-likeness (QED) is 0.751. The van der Waals surface area contributed by atoms with Crippen LogP contribution in [0.1, 0.15) is 6.92 Å². The Morgan fingerprint density at radius 2 is 1.65 bits per heavy atom. The molecule has 1 rings (SSSR count). The Balaban J connectivity index is 3.04. The predicted octanol–water partition coefficient (Wildman–Crippen LogP) is 3.62. The van der Waals surface area contributed by atoms with Gasteiger partial charge in [-0.05, 0) is 19.1 Å². The lowest BCUT2D eigenvalue weighted by Crippen LogP contribution is -2.42. The highest BCUT2D eigenvalue weighted by molar-refractivity contribution is 6.95. The van der Waals surface area contributed by atoms with Gasteiger partial charge in [0.25, 0.3) is 6.08 Å². The molecule has 0 fully saturated rings. The first-order chi connectivity index (χ1) is 7.89. The zero-order valence-electron chi connectivity index (χ0n) is 10.1. The average Bonchev–Trinajstić information content (AvgIpc) is 2.29. The molecule has 0 N–H and O–H groups in total. The van der Waals surface area contributed by atoms with E-state index in [2.05, 4.69) is 0 Å². The molecule has 1 aromatic carbocycles. The summed E-state index contributed by atoms with van der Waals surface area (Å²) >= 11 is 0. The highest BCUT2D eigenvalue weighted by atomic mass is 28.3. The Kier molecular flexibility index (Phi) is 4.39. The molecule has 94 valence electrons. The maximum absolute atomic E-state index is 13.4. The Labute approximate surface area is 99.9 Å². The predicted molar refractivity (Wildman–Crippen MR) is 65.1 cm³/mol. The van der Waals surface area contributed by atoms with Gasteiger partial charge in [0.15, 0.2) is 8.07 Å². The molecule has 0 unspecified atom stereocenters. The van der Waals surface area contributed by atoms with Gasteiger partial charge in [-0.2, -0.15) is 8.78 Å². The van der Waals surface area contributed by atoms with Crippen LogP contribution in [0.15, 0.2) is 35.8 Å². The maximum Gasteiger partial charge on any atom is 0.297 e. The summed E-state index contributed by atoms with van der Waals surface area (Å²) in [5.74, 6) is 0.658. The molecule has 0 radical (unpaired) electrons. The molecule has 0 aromatic heterocycles. The monoisotopic (exact) mass is 260 g/mol. The van der Waals surface area contributed by atoms with Gasteiger partial charge in [-0.15, -0.1) is 0 Å². The molecule has 0 atom stereocenters. The van der Waals surface area contributed by atoms with Gasteiger partial charge < -0.3 is 4.74 Å². The molecule has 0 aliphatic carbocycles. The van der Waals surface area contributed by atoms with E-state index in [4.69, 9.17) is 4.74 Å². The zero-order valence-corrected chi connectivity index (χ0v) is 11.1. The van der Waals surface area contributed by atoms with Gasteiger partial charge in [-0.3, -0.25) is 0 Å². The number of benzene rings is 1. The van der Waals surface area contributed by atoms with E-state index in [-0.39, 0.29) is 0 Å². The van der Waals surface area contributed by atoms with Crippen LogP contribution in [0.5, 0.6) is 5.75 Å². The minimum Gasteiger partial charge on any atom is -0.494 e. The van der Waals surface area contributed by atoms with E-state index < -0.39 is 19.6 Å². The minimum absolute atomic E-state index is 0.535. The molecule has 0 spiro atoms. The van der Waals surface area contributed by atoms with Crippen LogP contribution in [-0.4, -0.2) is 14.7 Å². The molecule has 0 heterocycles. The van der Waals surface area contributed by atoms with Crippen LogP contribution in [0, 0.1) is 0 Å². The van der Waals surface area contributed by atoms with E-state index in [0.29, 0.717) is 17.5 Å². The van der Waals surface area contributed by atoms with E-state index >= 15 is 0 Å². The SMILES string of the molecule is CCOc1ccc([Si](C)(C)C(F)=C(F)F)cc1. The molecular formula is C12H15F3OSi. The van der Waals surface area contributed by atoms with Gasteiger partial charge in [-0.1, -0.05) is 30.4 Å². The van der Waals surface area contributed by atoms with Crippen molar-refractivity contribution < 1.29 is 17.9 Å². The topological polar surface area (TPSA) is 9.23 Å². The summed E-state index contributed by atoms with van der Waals surface area (Å²) in [5.41, 5.74) is -1.26. The number of ether oxygens (including phenoxy) is 1. The Bertz CT molecular complexity index is 408. The lowest BCUT2D eigenvalue weighted by atomic mass is 10.3. The van der Waals surface area contributed by atoms with E-state index in [1.54, 1.807) is 37.4 Å². The van der Waals surface area contributed by atoms with Crippen molar-refractivity contribution in [3.63, 3.8) is 0 Å². The second-order valence-corrected chi connectivity index (χ2v) is 8.42. The van der Waals surface area contributed by atoms with Crippen molar-refractivity contribution in [3.8, 4) is 5.75 Å². The van der Waals surface area contributed by atoms with Gasteiger partial charge in [0.2, 0.25) is 0 Å². The largest absolute Gasteiger partial charge is 0.494 e. The first-order valence-electron chi connectivity index (χ1n) is 5.34. The van der Waals surface area contributed by atoms with Crippen molar-refractivity contribution >= 4 is 13.3 Å². The van der Waals surface area contributed by atoms with Crippen LogP contribution < -0.4 is 9.92 Å². The van der Waals surface area contributed by atoms with Crippen molar-refractivity contribution in [1.82, 2.24) is 0 Å². The van der Waals surface area contributed by atoms with Crippen molar-refractivity contribution in [2.24, 2.45) is 0 Å². The van der Waals surface area contributed by atoms with Crippen LogP contribution in [-0.2, 0) is 0 Å². The second kappa shape index (κ2) is 5.40. The van der Waals surface area contributed by atoms with Crippen LogP contribution in [0.4, 0.5) is 13.2 Å². The van der Waals surface area contributed by atoms with E-state index in [1.807, 2.05) is 6.92 Å². The molecule has 5 heteroatoms. The van der Waals surface area contributed by atoms with Gasteiger partial charge >= 0.3 is 0 Å². The highest BCUT2D eigenvalue weighted by Gasteiger charge is 2.33. The van der Waals surface area contributed by atoms with Gasteiger partial charge in [0.1, 0.15) is 11.2 Å². The first-order valence-corrected chi connectivity index (χ1v) is 8.34. The lowest BCUT2D eigenvalue weighted by Gasteiger charge is -2.20. The second-order valence-electron chi connectivity index (χ2n) is 4.16. The summed E-state index contributed by atoms with van der Waals surface area (Å²) < 4.78 is 43.3. The van der Waals surface area contributed by atoms with Crippen molar-refractivity contribution in [2.75, 3.05) is 6.61 Å². The highest BCUT2D eigenvalue weighted by Crippen LogP contribution is 2.22. The van der Waals surface area contributed by atoms with Crippen molar-refractivity contribution in [2.45, 2.75) is 20.0 Å². The number of halogens is 3. The summed E-state index contributed by atoms with van der Waals surface area (Å²) in [5, 5.41) is 0.617. The third-order valence-electron chi connectivity index (χ3n) is 2.60. The lowest BCUT2D eigenvalue weighted by molar-refractivity contribution is 0.340. The molecule has 17 heavy (non-hydrogen) atoms. The van der Waals surface area contributed by atoms with Crippen molar-refractivity contribution in [1.29, 1.82) is 0 Å². The third-order valence-corrected chi connectivity index (χ3v) is 5.66. The Morgan fingerprint density at radius 1 is 1.12 bits per heavy atom. The molecular weight excluding hydrogens is 245 g/mol. The molecule has 0 saturated heterocycles. The first kappa shape index (κ1) is 13.8. The molecule has 0 amide bonds. The molecule has 1 aromatic rings. The fourth-order valence-electron chi connectivity index (χ4n) is 1.50. The third kappa shape index (κ3) is 3.12. The van der Waals surface area contributed by atoms with Gasteiger partial charge in [0.05, 0.1) is 6.61 Å². The summed E-state index contributed by atoms with van der Waals surface area (Å²) in [6.07, 6.45) is -2.21. The van der Waals surface area contributed by atoms with Crippen LogP contribution in [0.2, 0.25) is 13.1 Å². The fraction of sp³-hybridized carbons (Fsp3) is 0.333. The molecule has 0 saturated carbocycles.